The van der Waals surface area contributed by atoms with Crippen LogP contribution in [0.15, 0.2) is 30.3 Å². The summed E-state index contributed by atoms with van der Waals surface area (Å²) in [4.78, 5) is 26.1. The SMILES string of the molecule is CCC(C(=O)Nc1sc2c(c1C(=O)OC)CCC2)c1ccccc1. The van der Waals surface area contributed by atoms with Gasteiger partial charge in [-0.2, -0.15) is 0 Å². The minimum atomic E-state index is -0.363. The van der Waals surface area contributed by atoms with Crippen molar-refractivity contribution in [1.82, 2.24) is 0 Å². The summed E-state index contributed by atoms with van der Waals surface area (Å²) in [5, 5.41) is 3.61. The predicted octanol–water partition coefficient (Wildman–Crippen LogP) is 4.16. The first-order valence-corrected chi connectivity index (χ1v) is 9.06. The molecule has 1 aromatic heterocycles. The van der Waals surface area contributed by atoms with E-state index in [2.05, 4.69) is 5.32 Å². The van der Waals surface area contributed by atoms with Gasteiger partial charge in [0.1, 0.15) is 5.00 Å². The standard InChI is InChI=1S/C19H21NO3S/c1-3-13(12-8-5-4-6-9-12)17(21)20-18-16(19(22)23-2)14-10-7-11-15(14)24-18/h4-6,8-9,13H,3,7,10-11H2,1-2H3,(H,20,21). The van der Waals surface area contributed by atoms with E-state index in [1.807, 2.05) is 37.3 Å². The zero-order valence-electron chi connectivity index (χ0n) is 13.9. The molecular formula is C19H21NO3S. The summed E-state index contributed by atoms with van der Waals surface area (Å²) in [7, 11) is 1.38. The Morgan fingerprint density at radius 2 is 2.00 bits per heavy atom. The number of nitrogens with one attached hydrogen (secondary N) is 1. The average molecular weight is 343 g/mol. The summed E-state index contributed by atoms with van der Waals surface area (Å²) in [6.07, 6.45) is 3.60. The molecule has 1 amide bonds. The van der Waals surface area contributed by atoms with Crippen molar-refractivity contribution in [2.24, 2.45) is 0 Å². The molecule has 0 spiro atoms. The van der Waals surface area contributed by atoms with E-state index in [0.717, 1.165) is 30.4 Å². The van der Waals surface area contributed by atoms with Crippen molar-refractivity contribution < 1.29 is 14.3 Å². The molecule has 1 aromatic carbocycles. The molecule has 1 N–H and O–H groups in total. The van der Waals surface area contributed by atoms with Crippen LogP contribution in [-0.4, -0.2) is 19.0 Å². The van der Waals surface area contributed by atoms with Crippen LogP contribution in [0.5, 0.6) is 0 Å². The van der Waals surface area contributed by atoms with Crippen molar-refractivity contribution in [3.05, 3.63) is 51.9 Å². The minimum absolute atomic E-state index is 0.0752. The van der Waals surface area contributed by atoms with E-state index in [1.165, 1.54) is 23.3 Å². The Bertz CT molecular complexity index is 751. The summed E-state index contributed by atoms with van der Waals surface area (Å²) < 4.78 is 4.93. The maximum Gasteiger partial charge on any atom is 0.341 e. The van der Waals surface area contributed by atoms with Crippen molar-refractivity contribution in [1.29, 1.82) is 0 Å². The van der Waals surface area contributed by atoms with Gasteiger partial charge in [0.2, 0.25) is 5.91 Å². The summed E-state index contributed by atoms with van der Waals surface area (Å²) in [6.45, 7) is 1.99. The van der Waals surface area contributed by atoms with Crippen LogP contribution in [0.25, 0.3) is 0 Å². The van der Waals surface area contributed by atoms with Crippen LogP contribution < -0.4 is 5.32 Å². The number of aryl methyl sites for hydroxylation is 1. The lowest BCUT2D eigenvalue weighted by molar-refractivity contribution is -0.117. The van der Waals surface area contributed by atoms with Crippen LogP contribution in [0.2, 0.25) is 0 Å². The molecule has 1 atom stereocenters. The van der Waals surface area contributed by atoms with Crippen molar-refractivity contribution >= 4 is 28.2 Å². The van der Waals surface area contributed by atoms with Gasteiger partial charge in [-0.25, -0.2) is 4.79 Å². The molecule has 4 nitrogen and oxygen atoms in total. The molecule has 0 fully saturated rings. The number of esters is 1. The Morgan fingerprint density at radius 3 is 2.67 bits per heavy atom. The van der Waals surface area contributed by atoms with Gasteiger partial charge in [-0.1, -0.05) is 37.3 Å². The van der Waals surface area contributed by atoms with Crippen LogP contribution in [0, 0.1) is 0 Å². The normalized spacial score (nSPS) is 14.1. The van der Waals surface area contributed by atoms with Crippen LogP contribution in [0.4, 0.5) is 5.00 Å². The van der Waals surface area contributed by atoms with E-state index in [1.54, 1.807) is 0 Å². The lowest BCUT2D eigenvalue weighted by Crippen LogP contribution is -2.21. The topological polar surface area (TPSA) is 55.4 Å². The Hall–Kier alpha value is -2.14. The number of carbonyl (C=O) groups is 2. The zero-order chi connectivity index (χ0) is 17.1. The molecule has 0 radical (unpaired) electrons. The number of anilines is 1. The molecule has 1 aliphatic carbocycles. The maximum atomic E-state index is 12.8. The molecule has 0 saturated carbocycles. The van der Waals surface area contributed by atoms with Gasteiger partial charge in [0.25, 0.3) is 0 Å². The fourth-order valence-electron chi connectivity index (χ4n) is 3.27. The van der Waals surface area contributed by atoms with E-state index in [-0.39, 0.29) is 17.8 Å². The van der Waals surface area contributed by atoms with Gasteiger partial charge in [-0.15, -0.1) is 11.3 Å². The number of methoxy groups -OCH3 is 1. The van der Waals surface area contributed by atoms with Gasteiger partial charge in [0, 0.05) is 4.88 Å². The van der Waals surface area contributed by atoms with Gasteiger partial charge in [0.05, 0.1) is 18.6 Å². The average Bonchev–Trinajstić information content (AvgIpc) is 3.16. The number of benzene rings is 1. The highest BCUT2D eigenvalue weighted by atomic mass is 32.1. The second-order valence-electron chi connectivity index (χ2n) is 5.91. The molecule has 1 aliphatic rings. The maximum absolute atomic E-state index is 12.8. The Balaban J connectivity index is 1.88. The highest BCUT2D eigenvalue weighted by Gasteiger charge is 2.29. The number of rotatable bonds is 5. The molecule has 0 bridgehead atoms. The molecule has 1 unspecified atom stereocenters. The van der Waals surface area contributed by atoms with E-state index >= 15 is 0 Å². The Labute approximate surface area is 145 Å². The minimum Gasteiger partial charge on any atom is -0.465 e. The first-order chi connectivity index (χ1) is 11.7. The van der Waals surface area contributed by atoms with Crippen molar-refractivity contribution in [3.63, 3.8) is 0 Å². The number of hydrogen-bond acceptors (Lipinski definition) is 4. The number of amides is 1. The number of thiophene rings is 1. The molecule has 3 rings (SSSR count). The summed E-state index contributed by atoms with van der Waals surface area (Å²) in [5.74, 6) is -0.667. The highest BCUT2D eigenvalue weighted by molar-refractivity contribution is 7.17. The lowest BCUT2D eigenvalue weighted by atomic mass is 9.95. The molecule has 5 heteroatoms. The van der Waals surface area contributed by atoms with E-state index in [4.69, 9.17) is 4.74 Å². The quantitative estimate of drug-likeness (QED) is 0.830. The van der Waals surface area contributed by atoms with Gasteiger partial charge < -0.3 is 10.1 Å². The van der Waals surface area contributed by atoms with Gasteiger partial charge in [-0.05, 0) is 36.8 Å². The monoisotopic (exact) mass is 343 g/mol. The second kappa shape index (κ2) is 7.18. The van der Waals surface area contributed by atoms with Crippen LogP contribution in [-0.2, 0) is 22.4 Å². The molecule has 0 saturated heterocycles. The molecular weight excluding hydrogens is 322 g/mol. The number of fused-ring (bicyclic) bond motifs is 1. The van der Waals surface area contributed by atoms with Gasteiger partial charge in [0.15, 0.2) is 0 Å². The number of ether oxygens (including phenoxy) is 1. The first-order valence-electron chi connectivity index (χ1n) is 8.24. The molecule has 2 aromatic rings. The van der Waals surface area contributed by atoms with Crippen molar-refractivity contribution in [2.75, 3.05) is 12.4 Å². The van der Waals surface area contributed by atoms with E-state index < -0.39 is 0 Å². The third kappa shape index (κ3) is 3.08. The van der Waals surface area contributed by atoms with Crippen molar-refractivity contribution in [2.45, 2.75) is 38.5 Å². The first kappa shape index (κ1) is 16.7. The van der Waals surface area contributed by atoms with Gasteiger partial charge in [-0.3, -0.25) is 4.79 Å². The van der Waals surface area contributed by atoms with Gasteiger partial charge >= 0.3 is 5.97 Å². The van der Waals surface area contributed by atoms with E-state index in [9.17, 15) is 9.59 Å². The smallest absolute Gasteiger partial charge is 0.341 e. The highest BCUT2D eigenvalue weighted by Crippen LogP contribution is 2.40. The molecule has 0 aliphatic heterocycles. The van der Waals surface area contributed by atoms with Crippen LogP contribution in [0.1, 0.15) is 52.0 Å². The molecule has 126 valence electrons. The Kier molecular flexibility index (Phi) is 5.00. The fraction of sp³-hybridized carbons (Fsp3) is 0.368. The largest absolute Gasteiger partial charge is 0.465 e. The predicted molar refractivity (Wildman–Crippen MR) is 95.8 cm³/mol. The van der Waals surface area contributed by atoms with Crippen LogP contribution in [0.3, 0.4) is 0 Å². The third-order valence-electron chi connectivity index (χ3n) is 4.47. The lowest BCUT2D eigenvalue weighted by Gasteiger charge is -2.15. The summed E-state index contributed by atoms with van der Waals surface area (Å²) in [6, 6.07) is 9.73. The van der Waals surface area contributed by atoms with Crippen LogP contribution >= 0.6 is 11.3 Å². The Morgan fingerprint density at radius 1 is 1.25 bits per heavy atom. The number of hydrogen-bond donors (Lipinski definition) is 1. The second-order valence-corrected chi connectivity index (χ2v) is 7.02. The summed E-state index contributed by atoms with van der Waals surface area (Å²) >= 11 is 1.51. The molecule has 24 heavy (non-hydrogen) atoms. The summed E-state index contributed by atoms with van der Waals surface area (Å²) in [5.41, 5.74) is 2.59. The van der Waals surface area contributed by atoms with E-state index in [0.29, 0.717) is 17.0 Å². The van der Waals surface area contributed by atoms with Crippen molar-refractivity contribution in [3.8, 4) is 0 Å². The molecule has 1 heterocycles. The zero-order valence-corrected chi connectivity index (χ0v) is 14.7. The fourth-order valence-corrected chi connectivity index (χ4v) is 4.55. The third-order valence-corrected chi connectivity index (χ3v) is 5.68. The number of carbonyl (C=O) groups excluding carboxylic acids is 2.